The van der Waals surface area contributed by atoms with Gasteiger partial charge in [-0.1, -0.05) is 68.0 Å². The third-order valence-electron chi connectivity index (χ3n) is 1.56. The minimum absolute atomic E-state index is 0.756. The number of unbranched alkanes of at least 4 members (excludes halogenated alkanes) is 1. The molecule has 0 aliphatic heterocycles. The van der Waals surface area contributed by atoms with Crippen molar-refractivity contribution in [3.8, 4) is 0 Å². The highest BCUT2D eigenvalue weighted by Crippen LogP contribution is 1.89. The Bertz CT molecular complexity index is 278. The first-order chi connectivity index (χ1) is 7.41. The second-order valence-electron chi connectivity index (χ2n) is 2.89. The lowest BCUT2D eigenvalue weighted by Gasteiger charge is -1.79. The van der Waals surface area contributed by atoms with E-state index in [4.69, 9.17) is 0 Å². The van der Waals surface area contributed by atoms with Crippen LogP contribution in [-0.4, -0.2) is 6.29 Å². The molecule has 0 amide bonds. The van der Waals surface area contributed by atoms with Crippen molar-refractivity contribution in [2.75, 3.05) is 0 Å². The maximum atomic E-state index is 9.91. The largest absolute Gasteiger partial charge is 0.299 e. The van der Waals surface area contributed by atoms with Crippen molar-refractivity contribution in [1.29, 1.82) is 0 Å². The molecule has 0 bridgehead atoms. The molecule has 80 valence electrons. The molecule has 0 saturated carbocycles. The van der Waals surface area contributed by atoms with E-state index in [1.54, 1.807) is 6.08 Å². The van der Waals surface area contributed by atoms with Crippen molar-refractivity contribution in [3.63, 3.8) is 0 Å². The first kappa shape index (κ1) is 13.4. The van der Waals surface area contributed by atoms with Crippen LogP contribution < -0.4 is 0 Å². The van der Waals surface area contributed by atoms with Crippen molar-refractivity contribution >= 4 is 6.29 Å². The molecule has 0 aromatic carbocycles. The number of allylic oxidation sites excluding steroid dienone is 10. The van der Waals surface area contributed by atoms with Gasteiger partial charge in [0.25, 0.3) is 0 Å². The van der Waals surface area contributed by atoms with Crippen LogP contribution in [0.15, 0.2) is 60.8 Å². The standard InChI is InChI=1S/C14H18O/c1-2-3-4-5-6-7-8-9-10-11-12-13-14-15/h4-14H,2-3H2,1H3/b5-4+,7-6+,9-8+,11-10+,13-12+. The summed E-state index contributed by atoms with van der Waals surface area (Å²) in [6.07, 6.45) is 21.9. The highest BCUT2D eigenvalue weighted by Gasteiger charge is 1.68. The van der Waals surface area contributed by atoms with E-state index in [1.165, 1.54) is 12.5 Å². The van der Waals surface area contributed by atoms with Crippen LogP contribution in [0.5, 0.6) is 0 Å². The molecule has 0 unspecified atom stereocenters. The second kappa shape index (κ2) is 12.4. The molecule has 0 saturated heterocycles. The van der Waals surface area contributed by atoms with Gasteiger partial charge in [-0.05, 0) is 12.5 Å². The SMILES string of the molecule is CCC/C=C/C=C/C=C/C=C/C=C/C=O. The topological polar surface area (TPSA) is 17.1 Å². The molecule has 0 radical (unpaired) electrons. The van der Waals surface area contributed by atoms with E-state index in [2.05, 4.69) is 13.0 Å². The summed E-state index contributed by atoms with van der Waals surface area (Å²) in [5.74, 6) is 0. The lowest BCUT2D eigenvalue weighted by molar-refractivity contribution is -0.104. The second-order valence-corrected chi connectivity index (χ2v) is 2.89. The van der Waals surface area contributed by atoms with E-state index < -0.39 is 0 Å². The summed E-state index contributed by atoms with van der Waals surface area (Å²) < 4.78 is 0. The average Bonchev–Trinajstić information content (AvgIpc) is 2.26. The Morgan fingerprint density at radius 2 is 1.20 bits per heavy atom. The third-order valence-corrected chi connectivity index (χ3v) is 1.56. The van der Waals surface area contributed by atoms with Crippen molar-refractivity contribution in [1.82, 2.24) is 0 Å². The predicted molar refractivity (Wildman–Crippen MR) is 66.7 cm³/mol. The molecule has 0 N–H and O–H groups in total. The number of hydrogen-bond donors (Lipinski definition) is 0. The Hall–Kier alpha value is -1.63. The summed E-state index contributed by atoms with van der Waals surface area (Å²) in [6.45, 7) is 2.16. The Morgan fingerprint density at radius 3 is 1.67 bits per heavy atom. The normalized spacial score (nSPS) is 13.1. The zero-order valence-corrected chi connectivity index (χ0v) is 9.17. The predicted octanol–water partition coefficient (Wildman–Crippen LogP) is 3.77. The molecule has 0 fully saturated rings. The molecular formula is C14H18O. The smallest absolute Gasteiger partial charge is 0.142 e. The fourth-order valence-electron chi connectivity index (χ4n) is 0.836. The van der Waals surface area contributed by atoms with E-state index >= 15 is 0 Å². The van der Waals surface area contributed by atoms with Crippen molar-refractivity contribution in [2.24, 2.45) is 0 Å². The highest BCUT2D eigenvalue weighted by molar-refractivity contribution is 5.65. The Kier molecular flexibility index (Phi) is 11.0. The first-order valence-corrected chi connectivity index (χ1v) is 5.18. The van der Waals surface area contributed by atoms with Gasteiger partial charge in [0.15, 0.2) is 0 Å². The summed E-state index contributed by atoms with van der Waals surface area (Å²) in [7, 11) is 0. The van der Waals surface area contributed by atoms with Crippen LogP contribution in [-0.2, 0) is 4.79 Å². The lowest BCUT2D eigenvalue weighted by Crippen LogP contribution is -1.58. The molecule has 15 heavy (non-hydrogen) atoms. The molecular weight excluding hydrogens is 184 g/mol. The van der Waals surface area contributed by atoms with Crippen LogP contribution in [0.4, 0.5) is 0 Å². The number of aldehydes is 1. The quantitative estimate of drug-likeness (QED) is 0.349. The molecule has 0 aromatic rings. The van der Waals surface area contributed by atoms with Gasteiger partial charge >= 0.3 is 0 Å². The minimum atomic E-state index is 0.756. The van der Waals surface area contributed by atoms with E-state index in [0.29, 0.717) is 0 Å². The van der Waals surface area contributed by atoms with E-state index in [0.717, 1.165) is 12.7 Å². The molecule has 1 heteroatoms. The van der Waals surface area contributed by atoms with Crippen LogP contribution >= 0.6 is 0 Å². The van der Waals surface area contributed by atoms with Gasteiger partial charge in [0, 0.05) is 0 Å². The van der Waals surface area contributed by atoms with Gasteiger partial charge in [-0.25, -0.2) is 0 Å². The zero-order valence-electron chi connectivity index (χ0n) is 9.17. The van der Waals surface area contributed by atoms with E-state index in [-0.39, 0.29) is 0 Å². The fraction of sp³-hybridized carbons (Fsp3) is 0.214. The zero-order chi connectivity index (χ0) is 11.2. The van der Waals surface area contributed by atoms with Gasteiger partial charge in [-0.3, -0.25) is 4.79 Å². The third kappa shape index (κ3) is 12.4. The molecule has 0 heterocycles. The highest BCUT2D eigenvalue weighted by atomic mass is 16.1. The maximum absolute atomic E-state index is 9.91. The van der Waals surface area contributed by atoms with Crippen LogP contribution in [0, 0.1) is 0 Å². The summed E-state index contributed by atoms with van der Waals surface area (Å²) in [4.78, 5) is 9.91. The molecule has 0 aromatic heterocycles. The molecule has 0 aliphatic carbocycles. The fourth-order valence-corrected chi connectivity index (χ4v) is 0.836. The number of carbonyl (C=O) groups is 1. The van der Waals surface area contributed by atoms with Crippen LogP contribution in [0.25, 0.3) is 0 Å². The van der Waals surface area contributed by atoms with Gasteiger partial charge in [-0.15, -0.1) is 0 Å². The van der Waals surface area contributed by atoms with Gasteiger partial charge < -0.3 is 0 Å². The first-order valence-electron chi connectivity index (χ1n) is 5.18. The van der Waals surface area contributed by atoms with Gasteiger partial charge in [0.2, 0.25) is 0 Å². The Morgan fingerprint density at radius 1 is 0.733 bits per heavy atom. The van der Waals surface area contributed by atoms with E-state index in [9.17, 15) is 4.79 Å². The number of carbonyl (C=O) groups excluding carboxylic acids is 1. The average molecular weight is 202 g/mol. The monoisotopic (exact) mass is 202 g/mol. The van der Waals surface area contributed by atoms with Gasteiger partial charge in [0.1, 0.15) is 6.29 Å². The molecule has 0 rings (SSSR count). The van der Waals surface area contributed by atoms with E-state index in [1.807, 2.05) is 42.5 Å². The van der Waals surface area contributed by atoms with Crippen LogP contribution in [0.3, 0.4) is 0 Å². The Balaban J connectivity index is 3.65. The van der Waals surface area contributed by atoms with Crippen molar-refractivity contribution < 1.29 is 4.79 Å². The summed E-state index contributed by atoms with van der Waals surface area (Å²) in [6, 6.07) is 0. The number of hydrogen-bond acceptors (Lipinski definition) is 1. The number of rotatable bonds is 7. The van der Waals surface area contributed by atoms with Gasteiger partial charge in [-0.2, -0.15) is 0 Å². The molecule has 1 nitrogen and oxygen atoms in total. The molecule has 0 spiro atoms. The molecule has 0 atom stereocenters. The van der Waals surface area contributed by atoms with Gasteiger partial charge in [0.05, 0.1) is 0 Å². The summed E-state index contributed by atoms with van der Waals surface area (Å²) >= 11 is 0. The lowest BCUT2D eigenvalue weighted by atomic mass is 10.3. The van der Waals surface area contributed by atoms with Crippen molar-refractivity contribution in [3.05, 3.63) is 60.8 Å². The summed E-state index contributed by atoms with van der Waals surface area (Å²) in [5, 5.41) is 0. The maximum Gasteiger partial charge on any atom is 0.142 e. The Labute approximate surface area is 92.2 Å². The van der Waals surface area contributed by atoms with Crippen LogP contribution in [0.2, 0.25) is 0 Å². The minimum Gasteiger partial charge on any atom is -0.299 e. The summed E-state index contributed by atoms with van der Waals surface area (Å²) in [5.41, 5.74) is 0. The van der Waals surface area contributed by atoms with Crippen molar-refractivity contribution in [2.45, 2.75) is 19.8 Å². The van der Waals surface area contributed by atoms with Crippen LogP contribution in [0.1, 0.15) is 19.8 Å². The molecule has 0 aliphatic rings.